The molecule has 2 unspecified atom stereocenters. The monoisotopic (exact) mass is 295 g/mol. The van der Waals surface area contributed by atoms with Crippen LogP contribution in [0.15, 0.2) is 24.3 Å². The molecule has 0 saturated heterocycles. The van der Waals surface area contributed by atoms with Crippen LogP contribution in [0.5, 0.6) is 0 Å². The fourth-order valence-corrected chi connectivity index (χ4v) is 2.65. The summed E-state index contributed by atoms with van der Waals surface area (Å²) in [5.74, 6) is -0.506. The summed E-state index contributed by atoms with van der Waals surface area (Å²) in [4.78, 5) is 11.8. The maximum atomic E-state index is 13.6. The molecule has 1 aliphatic carbocycles. The Morgan fingerprint density at radius 3 is 2.67 bits per heavy atom. The molecule has 2 atom stereocenters. The number of aliphatic hydroxyl groups is 1. The van der Waals surface area contributed by atoms with E-state index in [-0.39, 0.29) is 11.6 Å². The average molecular weight is 295 g/mol. The highest BCUT2D eigenvalue weighted by Gasteiger charge is 2.24. The van der Waals surface area contributed by atoms with Crippen LogP contribution in [-0.2, 0) is 4.74 Å². The number of carbonyl (C=O) groups excluding carboxylic acids is 1. The highest BCUT2D eigenvalue weighted by molar-refractivity contribution is 5.67. The van der Waals surface area contributed by atoms with Crippen molar-refractivity contribution in [2.45, 2.75) is 57.3 Å². The number of amides is 1. The highest BCUT2D eigenvalue weighted by Crippen LogP contribution is 2.22. The first-order valence-corrected chi connectivity index (χ1v) is 7.47. The minimum Gasteiger partial charge on any atom is -0.443 e. The van der Waals surface area contributed by atoms with Crippen LogP contribution in [0.3, 0.4) is 0 Å². The van der Waals surface area contributed by atoms with Gasteiger partial charge in [-0.05, 0) is 25.8 Å². The number of nitrogens with one attached hydrogen (secondary N) is 1. The predicted octanol–water partition coefficient (Wildman–Crippen LogP) is 3.31. The van der Waals surface area contributed by atoms with Crippen molar-refractivity contribution in [3.8, 4) is 0 Å². The number of aliphatic hydroxyl groups excluding tert-OH is 1. The third-order valence-electron chi connectivity index (χ3n) is 3.89. The molecule has 2 N–H and O–H groups in total. The summed E-state index contributed by atoms with van der Waals surface area (Å²) < 4.78 is 18.8. The number of halogens is 1. The van der Waals surface area contributed by atoms with Crippen molar-refractivity contribution in [1.82, 2.24) is 5.32 Å². The fraction of sp³-hybridized carbons (Fsp3) is 0.562. The van der Waals surface area contributed by atoms with E-state index in [2.05, 4.69) is 5.32 Å². The van der Waals surface area contributed by atoms with Gasteiger partial charge in [0.2, 0.25) is 0 Å². The third kappa shape index (κ3) is 4.43. The summed E-state index contributed by atoms with van der Waals surface area (Å²) in [5.41, 5.74) is 0.135. The number of hydrogen-bond donors (Lipinski definition) is 2. The van der Waals surface area contributed by atoms with Crippen LogP contribution >= 0.6 is 0 Å². The molecule has 1 aromatic carbocycles. The van der Waals surface area contributed by atoms with E-state index in [0.29, 0.717) is 0 Å². The predicted molar refractivity (Wildman–Crippen MR) is 77.3 cm³/mol. The van der Waals surface area contributed by atoms with E-state index in [4.69, 9.17) is 4.74 Å². The van der Waals surface area contributed by atoms with Gasteiger partial charge in [0.1, 0.15) is 18.0 Å². The Morgan fingerprint density at radius 1 is 1.33 bits per heavy atom. The van der Waals surface area contributed by atoms with Gasteiger partial charge in [-0.15, -0.1) is 0 Å². The lowest BCUT2D eigenvalue weighted by Crippen LogP contribution is -2.39. The Hall–Kier alpha value is -1.62. The maximum absolute atomic E-state index is 13.6. The molecule has 116 valence electrons. The van der Waals surface area contributed by atoms with Crippen LogP contribution in [0.4, 0.5) is 9.18 Å². The van der Waals surface area contributed by atoms with Gasteiger partial charge in [0.05, 0.1) is 0 Å². The molecule has 1 saturated carbocycles. The number of ether oxygens (including phenoxy) is 1. The quantitative estimate of drug-likeness (QED) is 0.896. The first-order valence-electron chi connectivity index (χ1n) is 7.47. The molecule has 0 spiro atoms. The SMILES string of the molecule is CC(OC(=O)NC1CCCCC1)C(O)c1ccccc1F. The van der Waals surface area contributed by atoms with Crippen molar-refractivity contribution in [1.29, 1.82) is 0 Å². The van der Waals surface area contributed by atoms with Gasteiger partial charge in [-0.1, -0.05) is 37.5 Å². The summed E-state index contributed by atoms with van der Waals surface area (Å²) in [5, 5.41) is 12.9. The van der Waals surface area contributed by atoms with Crippen LogP contribution in [-0.4, -0.2) is 23.3 Å². The second-order valence-corrected chi connectivity index (χ2v) is 5.56. The van der Waals surface area contributed by atoms with E-state index in [1.807, 2.05) is 0 Å². The Balaban J connectivity index is 1.86. The highest BCUT2D eigenvalue weighted by atomic mass is 19.1. The summed E-state index contributed by atoms with van der Waals surface area (Å²) in [6.45, 7) is 1.55. The van der Waals surface area contributed by atoms with Gasteiger partial charge in [-0.25, -0.2) is 9.18 Å². The van der Waals surface area contributed by atoms with Gasteiger partial charge in [0.25, 0.3) is 0 Å². The number of benzene rings is 1. The molecule has 1 aliphatic rings. The van der Waals surface area contributed by atoms with E-state index in [1.165, 1.54) is 18.6 Å². The lowest BCUT2D eigenvalue weighted by Gasteiger charge is -2.25. The Kier molecular flexibility index (Phi) is 5.56. The third-order valence-corrected chi connectivity index (χ3v) is 3.89. The molecule has 1 amide bonds. The number of hydrogen-bond acceptors (Lipinski definition) is 3. The van der Waals surface area contributed by atoms with Crippen LogP contribution in [0.1, 0.15) is 50.7 Å². The molecule has 2 rings (SSSR count). The molecule has 0 aromatic heterocycles. The standard InChI is InChI=1S/C16H22FNO3/c1-11(15(19)13-9-5-6-10-14(13)17)21-16(20)18-12-7-3-2-4-8-12/h5-6,9-12,15,19H,2-4,7-8H2,1H3,(H,18,20). The topological polar surface area (TPSA) is 58.6 Å². The minimum absolute atomic E-state index is 0.135. The largest absolute Gasteiger partial charge is 0.443 e. The number of rotatable bonds is 4. The molecule has 0 radical (unpaired) electrons. The number of carbonyl (C=O) groups is 1. The van der Waals surface area contributed by atoms with Gasteiger partial charge >= 0.3 is 6.09 Å². The summed E-state index contributed by atoms with van der Waals surface area (Å²) in [7, 11) is 0. The normalized spacial score (nSPS) is 18.8. The molecular weight excluding hydrogens is 273 g/mol. The first-order chi connectivity index (χ1) is 10.1. The molecule has 0 bridgehead atoms. The summed E-state index contributed by atoms with van der Waals surface area (Å²) >= 11 is 0. The van der Waals surface area contributed by atoms with Gasteiger partial charge in [-0.2, -0.15) is 0 Å². The summed E-state index contributed by atoms with van der Waals surface area (Å²) in [6.07, 6.45) is 2.80. The fourth-order valence-electron chi connectivity index (χ4n) is 2.65. The summed E-state index contributed by atoms with van der Waals surface area (Å²) in [6, 6.07) is 6.08. The van der Waals surface area contributed by atoms with Gasteiger partial charge < -0.3 is 15.2 Å². The molecule has 0 heterocycles. The van der Waals surface area contributed by atoms with Gasteiger partial charge in [0, 0.05) is 11.6 Å². The van der Waals surface area contributed by atoms with Gasteiger partial charge in [0.15, 0.2) is 0 Å². The lowest BCUT2D eigenvalue weighted by atomic mass is 9.96. The zero-order valence-electron chi connectivity index (χ0n) is 12.2. The van der Waals surface area contributed by atoms with E-state index in [1.54, 1.807) is 19.1 Å². The van der Waals surface area contributed by atoms with E-state index < -0.39 is 24.1 Å². The van der Waals surface area contributed by atoms with Crippen LogP contribution in [0, 0.1) is 5.82 Å². The molecule has 21 heavy (non-hydrogen) atoms. The Bertz CT molecular complexity index is 474. The van der Waals surface area contributed by atoms with Gasteiger partial charge in [-0.3, -0.25) is 0 Å². The van der Waals surface area contributed by atoms with Crippen molar-refractivity contribution in [2.75, 3.05) is 0 Å². The van der Waals surface area contributed by atoms with Crippen molar-refractivity contribution >= 4 is 6.09 Å². The van der Waals surface area contributed by atoms with Crippen molar-refractivity contribution in [3.63, 3.8) is 0 Å². The Morgan fingerprint density at radius 2 is 2.00 bits per heavy atom. The molecule has 0 aliphatic heterocycles. The zero-order valence-corrected chi connectivity index (χ0v) is 12.2. The van der Waals surface area contributed by atoms with Crippen LogP contribution < -0.4 is 5.32 Å². The second-order valence-electron chi connectivity index (χ2n) is 5.56. The Labute approximate surface area is 124 Å². The molecule has 1 fully saturated rings. The van der Waals surface area contributed by atoms with E-state index in [0.717, 1.165) is 25.7 Å². The lowest BCUT2D eigenvalue weighted by molar-refractivity contribution is 0.00858. The maximum Gasteiger partial charge on any atom is 0.407 e. The average Bonchev–Trinajstić information content (AvgIpc) is 2.48. The van der Waals surface area contributed by atoms with Crippen LogP contribution in [0.25, 0.3) is 0 Å². The van der Waals surface area contributed by atoms with E-state index in [9.17, 15) is 14.3 Å². The first kappa shape index (κ1) is 15.8. The van der Waals surface area contributed by atoms with Crippen LogP contribution in [0.2, 0.25) is 0 Å². The minimum atomic E-state index is -1.18. The smallest absolute Gasteiger partial charge is 0.407 e. The van der Waals surface area contributed by atoms with Crippen molar-refractivity contribution < 1.29 is 19.0 Å². The van der Waals surface area contributed by atoms with Crippen molar-refractivity contribution in [3.05, 3.63) is 35.6 Å². The number of alkyl carbamates (subject to hydrolysis) is 1. The zero-order chi connectivity index (χ0) is 15.2. The second kappa shape index (κ2) is 7.41. The van der Waals surface area contributed by atoms with E-state index >= 15 is 0 Å². The molecular formula is C16H22FNO3. The molecule has 1 aromatic rings. The molecule has 5 heteroatoms. The molecule has 4 nitrogen and oxygen atoms in total. The van der Waals surface area contributed by atoms with Crippen molar-refractivity contribution in [2.24, 2.45) is 0 Å².